The Bertz CT molecular complexity index is 448. The third kappa shape index (κ3) is 2.19. The average molecular weight is 311 g/mol. The van der Waals surface area contributed by atoms with Crippen LogP contribution in [-0.4, -0.2) is 18.8 Å². The third-order valence-electron chi connectivity index (χ3n) is 4.59. The molecule has 0 aromatic heterocycles. The van der Waals surface area contributed by atoms with Crippen LogP contribution in [0.15, 0.2) is 22.7 Å². The molecular weight excluding hydrogens is 292 g/mol. The number of rotatable bonds is 4. The molecule has 18 heavy (non-hydrogen) atoms. The van der Waals surface area contributed by atoms with Crippen LogP contribution in [0.5, 0.6) is 5.75 Å². The van der Waals surface area contributed by atoms with Crippen molar-refractivity contribution >= 4 is 15.9 Å². The van der Waals surface area contributed by atoms with Crippen LogP contribution in [0.1, 0.15) is 24.8 Å². The molecular formula is C15H19BrO2. The van der Waals surface area contributed by atoms with Crippen molar-refractivity contribution in [2.45, 2.75) is 25.7 Å². The Morgan fingerprint density at radius 1 is 1.39 bits per heavy atom. The van der Waals surface area contributed by atoms with E-state index in [1.54, 1.807) is 7.11 Å². The predicted molar refractivity (Wildman–Crippen MR) is 74.7 cm³/mol. The summed E-state index contributed by atoms with van der Waals surface area (Å²) in [6.07, 6.45) is 4.79. The largest absolute Gasteiger partial charge is 0.496 e. The van der Waals surface area contributed by atoms with E-state index in [-0.39, 0.29) is 5.41 Å². The molecule has 3 heteroatoms. The first-order chi connectivity index (χ1) is 8.65. The molecule has 0 spiro atoms. The minimum absolute atomic E-state index is 0.140. The Balaban J connectivity index is 1.77. The van der Waals surface area contributed by atoms with Crippen LogP contribution in [-0.2, 0) is 6.42 Å². The summed E-state index contributed by atoms with van der Waals surface area (Å²) in [5, 5.41) is 9.75. The molecule has 2 atom stereocenters. The van der Waals surface area contributed by atoms with Crippen LogP contribution >= 0.6 is 15.9 Å². The molecule has 1 aromatic carbocycles. The van der Waals surface area contributed by atoms with Crippen LogP contribution in [0.2, 0.25) is 0 Å². The topological polar surface area (TPSA) is 29.5 Å². The molecule has 0 bridgehead atoms. The highest BCUT2D eigenvalue weighted by atomic mass is 79.9. The maximum Gasteiger partial charge on any atom is 0.133 e. The Kier molecular flexibility index (Phi) is 3.15. The summed E-state index contributed by atoms with van der Waals surface area (Å²) in [6, 6.07) is 6.24. The zero-order valence-corrected chi connectivity index (χ0v) is 12.2. The van der Waals surface area contributed by atoms with E-state index in [2.05, 4.69) is 28.1 Å². The predicted octanol–water partition coefficient (Wildman–Crippen LogP) is 3.41. The van der Waals surface area contributed by atoms with Gasteiger partial charge in [0, 0.05) is 6.61 Å². The summed E-state index contributed by atoms with van der Waals surface area (Å²) in [4.78, 5) is 0. The number of halogens is 1. The molecule has 1 N–H and O–H groups in total. The molecule has 3 rings (SSSR count). The Hall–Kier alpha value is -0.540. The van der Waals surface area contributed by atoms with Crippen LogP contribution in [0.3, 0.4) is 0 Å². The maximum absolute atomic E-state index is 9.75. The molecule has 98 valence electrons. The van der Waals surface area contributed by atoms with Gasteiger partial charge in [-0.3, -0.25) is 0 Å². The summed E-state index contributed by atoms with van der Waals surface area (Å²) in [5.41, 5.74) is 1.43. The smallest absolute Gasteiger partial charge is 0.133 e. The van der Waals surface area contributed by atoms with Crippen molar-refractivity contribution in [3.05, 3.63) is 28.2 Å². The van der Waals surface area contributed by atoms with E-state index in [4.69, 9.17) is 4.74 Å². The third-order valence-corrected chi connectivity index (χ3v) is 5.21. The summed E-state index contributed by atoms with van der Waals surface area (Å²) >= 11 is 3.53. The molecule has 0 radical (unpaired) electrons. The molecule has 2 aliphatic carbocycles. The summed E-state index contributed by atoms with van der Waals surface area (Å²) in [7, 11) is 1.68. The number of benzene rings is 1. The van der Waals surface area contributed by atoms with Gasteiger partial charge in [0.25, 0.3) is 0 Å². The first-order valence-electron chi connectivity index (χ1n) is 6.59. The second kappa shape index (κ2) is 4.53. The highest BCUT2D eigenvalue weighted by Crippen LogP contribution is 2.60. The normalized spacial score (nSPS) is 33.3. The van der Waals surface area contributed by atoms with Gasteiger partial charge in [0.15, 0.2) is 0 Å². The minimum Gasteiger partial charge on any atom is -0.496 e. The fourth-order valence-electron chi connectivity index (χ4n) is 3.59. The Morgan fingerprint density at radius 2 is 2.11 bits per heavy atom. The molecule has 2 unspecified atom stereocenters. The summed E-state index contributed by atoms with van der Waals surface area (Å²) in [6.45, 7) is 0.323. The lowest BCUT2D eigenvalue weighted by molar-refractivity contribution is 0.117. The molecule has 2 saturated carbocycles. The van der Waals surface area contributed by atoms with Crippen molar-refractivity contribution < 1.29 is 9.84 Å². The van der Waals surface area contributed by atoms with Gasteiger partial charge < -0.3 is 9.84 Å². The zero-order chi connectivity index (χ0) is 12.8. The number of ether oxygens (including phenoxy) is 1. The minimum atomic E-state index is 0.140. The lowest BCUT2D eigenvalue weighted by Crippen LogP contribution is -2.26. The molecule has 1 aromatic rings. The number of methoxy groups -OCH3 is 1. The van der Waals surface area contributed by atoms with Crippen molar-refractivity contribution in [2.24, 2.45) is 17.3 Å². The van der Waals surface area contributed by atoms with Gasteiger partial charge in [-0.25, -0.2) is 0 Å². The lowest BCUT2D eigenvalue weighted by atomic mass is 9.78. The number of hydrogen-bond donors (Lipinski definition) is 1. The number of fused-ring (bicyclic) bond motifs is 1. The van der Waals surface area contributed by atoms with Gasteiger partial charge in [0.05, 0.1) is 11.6 Å². The second-order valence-electron chi connectivity index (χ2n) is 5.97. The van der Waals surface area contributed by atoms with Gasteiger partial charge in [0.1, 0.15) is 5.75 Å². The molecule has 0 aliphatic heterocycles. The molecule has 2 nitrogen and oxygen atoms in total. The van der Waals surface area contributed by atoms with Crippen molar-refractivity contribution in [2.75, 3.05) is 13.7 Å². The highest BCUT2D eigenvalue weighted by molar-refractivity contribution is 9.10. The average Bonchev–Trinajstić information content (AvgIpc) is 2.98. The standard InChI is InChI=1S/C15H19BrO2/c1-18-14-3-2-10(4-13(14)16)6-15(9-17)7-11-5-12(11)8-15/h2-4,11-12,17H,5-9H2,1H3. The summed E-state index contributed by atoms with van der Waals surface area (Å²) < 4.78 is 6.25. The molecule has 0 heterocycles. The van der Waals surface area contributed by atoms with Crippen LogP contribution in [0.4, 0.5) is 0 Å². The van der Waals surface area contributed by atoms with Gasteiger partial charge >= 0.3 is 0 Å². The van der Waals surface area contributed by atoms with Crippen molar-refractivity contribution in [3.8, 4) is 5.75 Å². The molecule has 0 amide bonds. The monoisotopic (exact) mass is 310 g/mol. The summed E-state index contributed by atoms with van der Waals surface area (Å²) in [5.74, 6) is 2.67. The van der Waals surface area contributed by atoms with E-state index < -0.39 is 0 Å². The van der Waals surface area contributed by atoms with Gasteiger partial charge in [-0.1, -0.05) is 6.07 Å². The highest BCUT2D eigenvalue weighted by Gasteiger charge is 2.53. The van der Waals surface area contributed by atoms with E-state index in [9.17, 15) is 5.11 Å². The van der Waals surface area contributed by atoms with Gasteiger partial charge in [-0.15, -0.1) is 0 Å². The van der Waals surface area contributed by atoms with E-state index in [0.29, 0.717) is 6.61 Å². The fourth-order valence-corrected chi connectivity index (χ4v) is 4.18. The maximum atomic E-state index is 9.75. The molecule has 2 fully saturated rings. The second-order valence-corrected chi connectivity index (χ2v) is 6.82. The van der Waals surface area contributed by atoms with E-state index >= 15 is 0 Å². The Morgan fingerprint density at radius 3 is 2.67 bits per heavy atom. The number of hydrogen-bond acceptors (Lipinski definition) is 2. The van der Waals surface area contributed by atoms with Crippen LogP contribution < -0.4 is 4.74 Å². The molecule has 0 saturated heterocycles. The quantitative estimate of drug-likeness (QED) is 0.923. The number of aliphatic hydroxyl groups excluding tert-OH is 1. The fraction of sp³-hybridized carbons (Fsp3) is 0.600. The molecule has 2 aliphatic rings. The van der Waals surface area contributed by atoms with E-state index in [1.807, 2.05) is 6.07 Å². The van der Waals surface area contributed by atoms with Gasteiger partial charge in [-0.05, 0) is 76.6 Å². The van der Waals surface area contributed by atoms with Crippen molar-refractivity contribution in [3.63, 3.8) is 0 Å². The van der Waals surface area contributed by atoms with E-state index in [1.165, 1.54) is 24.8 Å². The van der Waals surface area contributed by atoms with Crippen LogP contribution in [0, 0.1) is 17.3 Å². The van der Waals surface area contributed by atoms with Crippen LogP contribution in [0.25, 0.3) is 0 Å². The zero-order valence-electron chi connectivity index (χ0n) is 10.7. The van der Waals surface area contributed by atoms with Gasteiger partial charge in [0.2, 0.25) is 0 Å². The Labute approximate surface area is 116 Å². The van der Waals surface area contributed by atoms with Crippen molar-refractivity contribution in [1.29, 1.82) is 0 Å². The van der Waals surface area contributed by atoms with Gasteiger partial charge in [-0.2, -0.15) is 0 Å². The first kappa shape index (κ1) is 12.5. The van der Waals surface area contributed by atoms with Crippen molar-refractivity contribution in [1.82, 2.24) is 0 Å². The van der Waals surface area contributed by atoms with E-state index in [0.717, 1.165) is 28.5 Å². The lowest BCUT2D eigenvalue weighted by Gasteiger charge is -2.28. The SMILES string of the molecule is COc1ccc(CC2(CO)CC3CC3C2)cc1Br. The number of aliphatic hydroxyl groups is 1. The first-order valence-corrected chi connectivity index (χ1v) is 7.38.